The number of hydrogen-bond acceptors (Lipinski definition) is 4. The largest absolute Gasteiger partial charge is 0.380 e. The highest BCUT2D eigenvalue weighted by atomic mass is 32.2. The summed E-state index contributed by atoms with van der Waals surface area (Å²) in [5.74, 6) is -0.999. The fraction of sp³-hybridized carbons (Fsp3) is 0.235. The molecule has 2 aromatic carbocycles. The topological polar surface area (TPSA) is 75.7 Å². The summed E-state index contributed by atoms with van der Waals surface area (Å²) in [7, 11) is -2.14. The van der Waals surface area contributed by atoms with Crippen LogP contribution in [0.2, 0.25) is 0 Å². The average Bonchev–Trinajstić information content (AvgIpc) is 2.53. The minimum absolute atomic E-state index is 0.215. The molecule has 6 nitrogen and oxygen atoms in total. The lowest BCUT2D eigenvalue weighted by atomic mass is 10.2. The number of sulfonamides is 1. The molecule has 2 aromatic rings. The zero-order chi connectivity index (χ0) is 18.4. The Hall–Kier alpha value is -2.45. The molecule has 0 aliphatic rings. The Balaban J connectivity index is 2.15. The van der Waals surface area contributed by atoms with E-state index in [4.69, 9.17) is 4.74 Å². The second-order valence-corrected chi connectivity index (χ2v) is 7.33. The molecular formula is C17H19FN2O4S. The van der Waals surface area contributed by atoms with Crippen LogP contribution < -0.4 is 9.62 Å². The normalized spacial score (nSPS) is 11.2. The fourth-order valence-electron chi connectivity index (χ4n) is 2.24. The van der Waals surface area contributed by atoms with Gasteiger partial charge in [-0.1, -0.05) is 12.1 Å². The number of carbonyl (C=O) groups is 1. The maximum Gasteiger partial charge on any atom is 0.245 e. The number of benzene rings is 2. The molecule has 0 fully saturated rings. The maximum atomic E-state index is 13.0. The van der Waals surface area contributed by atoms with Crippen molar-refractivity contribution in [1.29, 1.82) is 0 Å². The van der Waals surface area contributed by atoms with Crippen LogP contribution in [0.5, 0.6) is 0 Å². The third kappa shape index (κ3) is 5.54. The van der Waals surface area contributed by atoms with Crippen molar-refractivity contribution < 1.29 is 22.3 Å². The molecule has 0 saturated heterocycles. The van der Waals surface area contributed by atoms with Crippen LogP contribution in [0.1, 0.15) is 5.56 Å². The van der Waals surface area contributed by atoms with Gasteiger partial charge in [0.15, 0.2) is 0 Å². The minimum atomic E-state index is -3.70. The van der Waals surface area contributed by atoms with Crippen molar-refractivity contribution >= 4 is 27.3 Å². The van der Waals surface area contributed by atoms with E-state index < -0.39 is 28.3 Å². The molecule has 0 aromatic heterocycles. The summed E-state index contributed by atoms with van der Waals surface area (Å²) in [6.07, 6.45) is 0.989. The summed E-state index contributed by atoms with van der Waals surface area (Å²) in [6.45, 7) is -0.0201. The van der Waals surface area contributed by atoms with Crippen LogP contribution in [-0.2, 0) is 26.2 Å². The van der Waals surface area contributed by atoms with Gasteiger partial charge in [0.25, 0.3) is 0 Å². The summed E-state index contributed by atoms with van der Waals surface area (Å²) in [4.78, 5) is 12.3. The summed E-state index contributed by atoms with van der Waals surface area (Å²) in [5, 5.41) is 2.65. The number of halogens is 1. The van der Waals surface area contributed by atoms with Crippen molar-refractivity contribution in [3.8, 4) is 0 Å². The molecule has 0 radical (unpaired) electrons. The number of amides is 1. The molecule has 25 heavy (non-hydrogen) atoms. The van der Waals surface area contributed by atoms with E-state index in [-0.39, 0.29) is 5.69 Å². The molecule has 1 amide bonds. The van der Waals surface area contributed by atoms with Crippen LogP contribution in [-0.4, -0.2) is 34.2 Å². The van der Waals surface area contributed by atoms with E-state index in [1.54, 1.807) is 25.3 Å². The van der Waals surface area contributed by atoms with Crippen LogP contribution in [0.25, 0.3) is 0 Å². The van der Waals surface area contributed by atoms with Gasteiger partial charge < -0.3 is 10.1 Å². The summed E-state index contributed by atoms with van der Waals surface area (Å²) in [6, 6.07) is 11.9. The van der Waals surface area contributed by atoms with Crippen molar-refractivity contribution in [2.45, 2.75) is 6.61 Å². The first kappa shape index (κ1) is 18.9. The van der Waals surface area contributed by atoms with Gasteiger partial charge in [-0.2, -0.15) is 0 Å². The van der Waals surface area contributed by atoms with Gasteiger partial charge in [-0.3, -0.25) is 9.10 Å². The Morgan fingerprint density at radius 3 is 2.48 bits per heavy atom. The Bertz CT molecular complexity index is 838. The lowest BCUT2D eigenvalue weighted by Crippen LogP contribution is -2.37. The van der Waals surface area contributed by atoms with Crippen molar-refractivity contribution in [2.24, 2.45) is 0 Å². The minimum Gasteiger partial charge on any atom is -0.380 e. The predicted molar refractivity (Wildman–Crippen MR) is 94.4 cm³/mol. The van der Waals surface area contributed by atoms with Gasteiger partial charge in [0.1, 0.15) is 12.4 Å². The van der Waals surface area contributed by atoms with E-state index >= 15 is 0 Å². The number of carbonyl (C=O) groups excluding carboxylic acids is 1. The number of rotatable bonds is 7. The van der Waals surface area contributed by atoms with Gasteiger partial charge in [-0.25, -0.2) is 12.8 Å². The van der Waals surface area contributed by atoms with Gasteiger partial charge in [-0.15, -0.1) is 0 Å². The molecule has 0 aliphatic heterocycles. The molecule has 0 unspecified atom stereocenters. The first-order valence-electron chi connectivity index (χ1n) is 7.40. The quantitative estimate of drug-likeness (QED) is 0.816. The van der Waals surface area contributed by atoms with Crippen molar-refractivity contribution in [1.82, 2.24) is 0 Å². The molecule has 0 atom stereocenters. The second-order valence-electron chi connectivity index (χ2n) is 5.43. The van der Waals surface area contributed by atoms with E-state index in [2.05, 4.69) is 5.32 Å². The van der Waals surface area contributed by atoms with Crippen LogP contribution >= 0.6 is 0 Å². The molecule has 134 valence electrons. The van der Waals surface area contributed by atoms with E-state index in [0.29, 0.717) is 12.3 Å². The number of anilines is 2. The molecule has 0 saturated carbocycles. The molecule has 2 rings (SSSR count). The maximum absolute atomic E-state index is 13.0. The highest BCUT2D eigenvalue weighted by Crippen LogP contribution is 2.18. The van der Waals surface area contributed by atoms with E-state index in [1.807, 2.05) is 6.07 Å². The van der Waals surface area contributed by atoms with Crippen LogP contribution in [0.3, 0.4) is 0 Å². The molecule has 8 heteroatoms. The third-order valence-electron chi connectivity index (χ3n) is 3.32. The third-order valence-corrected chi connectivity index (χ3v) is 4.46. The number of nitrogens with one attached hydrogen (secondary N) is 1. The summed E-state index contributed by atoms with van der Waals surface area (Å²) < 4.78 is 43.0. The van der Waals surface area contributed by atoms with Crippen LogP contribution in [0.15, 0.2) is 48.5 Å². The van der Waals surface area contributed by atoms with Gasteiger partial charge in [-0.05, 0) is 42.0 Å². The number of ether oxygens (including phenoxy) is 1. The van der Waals surface area contributed by atoms with Gasteiger partial charge in [0.2, 0.25) is 15.9 Å². The average molecular weight is 366 g/mol. The van der Waals surface area contributed by atoms with Gasteiger partial charge in [0.05, 0.1) is 18.6 Å². The van der Waals surface area contributed by atoms with Crippen LogP contribution in [0.4, 0.5) is 15.8 Å². The number of nitrogens with zero attached hydrogens (tertiary/aromatic N) is 1. The molecule has 0 heterocycles. The Kier molecular flexibility index (Phi) is 6.11. The van der Waals surface area contributed by atoms with Crippen molar-refractivity contribution in [3.63, 3.8) is 0 Å². The SMILES string of the molecule is COCc1cccc(NC(=O)CN(c2ccc(F)cc2)S(C)(=O)=O)c1. The van der Waals surface area contributed by atoms with Gasteiger partial charge in [0, 0.05) is 12.8 Å². The first-order chi connectivity index (χ1) is 11.8. The highest BCUT2D eigenvalue weighted by Gasteiger charge is 2.21. The smallest absolute Gasteiger partial charge is 0.245 e. The fourth-order valence-corrected chi connectivity index (χ4v) is 3.10. The summed E-state index contributed by atoms with van der Waals surface area (Å²) in [5.41, 5.74) is 1.62. The number of hydrogen-bond donors (Lipinski definition) is 1. The monoisotopic (exact) mass is 366 g/mol. The molecule has 0 aliphatic carbocycles. The Morgan fingerprint density at radius 2 is 1.88 bits per heavy atom. The van der Waals surface area contributed by atoms with Crippen molar-refractivity contribution in [2.75, 3.05) is 29.5 Å². The molecule has 0 bridgehead atoms. The van der Waals surface area contributed by atoms with Crippen molar-refractivity contribution in [3.05, 3.63) is 59.9 Å². The summed E-state index contributed by atoms with van der Waals surface area (Å²) >= 11 is 0. The standard InChI is InChI=1S/C17H19FN2O4S/c1-24-12-13-4-3-5-15(10-13)19-17(21)11-20(25(2,22)23)16-8-6-14(18)7-9-16/h3-10H,11-12H2,1-2H3,(H,19,21). The molecule has 1 N–H and O–H groups in total. The highest BCUT2D eigenvalue weighted by molar-refractivity contribution is 7.92. The Morgan fingerprint density at radius 1 is 1.20 bits per heavy atom. The molecular weight excluding hydrogens is 347 g/mol. The van der Waals surface area contributed by atoms with E-state index in [1.165, 1.54) is 12.1 Å². The zero-order valence-electron chi connectivity index (χ0n) is 13.9. The van der Waals surface area contributed by atoms with Gasteiger partial charge >= 0.3 is 0 Å². The zero-order valence-corrected chi connectivity index (χ0v) is 14.7. The van der Waals surface area contributed by atoms with E-state index in [9.17, 15) is 17.6 Å². The lowest BCUT2D eigenvalue weighted by molar-refractivity contribution is -0.114. The lowest BCUT2D eigenvalue weighted by Gasteiger charge is -2.22. The van der Waals surface area contributed by atoms with E-state index in [0.717, 1.165) is 28.3 Å². The second kappa shape index (κ2) is 8.09. The first-order valence-corrected chi connectivity index (χ1v) is 9.25. The predicted octanol–water partition coefficient (Wildman–Crippen LogP) is 2.38. The van der Waals surface area contributed by atoms with Crippen LogP contribution in [0, 0.1) is 5.82 Å². The number of methoxy groups -OCH3 is 1. The molecule has 0 spiro atoms. The Labute approximate surface area is 146 Å².